The normalized spacial score (nSPS) is 18.1. The van der Waals surface area contributed by atoms with Crippen LogP contribution in [0.2, 0.25) is 0 Å². The van der Waals surface area contributed by atoms with E-state index in [1.54, 1.807) is 0 Å². The zero-order valence-corrected chi connectivity index (χ0v) is 16.2. The minimum atomic E-state index is 0.494. The summed E-state index contributed by atoms with van der Waals surface area (Å²) in [4.78, 5) is 9.73. The maximum Gasteiger partial charge on any atom is 0.191 e. The number of piperazine rings is 1. The highest BCUT2D eigenvalue weighted by Gasteiger charge is 2.18. The fraction of sp³-hybridized carbons (Fsp3) is 0.650. The van der Waals surface area contributed by atoms with E-state index in [-0.39, 0.29) is 0 Å². The van der Waals surface area contributed by atoms with Gasteiger partial charge < -0.3 is 15.5 Å². The van der Waals surface area contributed by atoms with Gasteiger partial charge in [0, 0.05) is 45.3 Å². The first kappa shape index (κ1) is 19.7. The van der Waals surface area contributed by atoms with Crippen molar-refractivity contribution in [1.82, 2.24) is 20.4 Å². The van der Waals surface area contributed by atoms with E-state index in [0.717, 1.165) is 64.6 Å². The van der Waals surface area contributed by atoms with Crippen molar-refractivity contribution in [2.45, 2.75) is 32.7 Å². The van der Waals surface area contributed by atoms with E-state index in [9.17, 15) is 0 Å². The summed E-state index contributed by atoms with van der Waals surface area (Å²) in [7, 11) is 2.20. The minimum Gasteiger partial charge on any atom is -0.357 e. The molecular weight excluding hydrogens is 310 g/mol. The Morgan fingerprint density at radius 1 is 1.12 bits per heavy atom. The molecule has 0 spiro atoms. The van der Waals surface area contributed by atoms with Crippen molar-refractivity contribution in [3.8, 4) is 0 Å². The Labute approximate surface area is 153 Å². The second-order valence-electron chi connectivity index (χ2n) is 6.92. The number of benzene rings is 1. The fourth-order valence-corrected chi connectivity index (χ4v) is 3.09. The van der Waals surface area contributed by atoms with Gasteiger partial charge in [0.1, 0.15) is 0 Å². The van der Waals surface area contributed by atoms with Crippen molar-refractivity contribution in [3.63, 3.8) is 0 Å². The molecule has 0 aliphatic carbocycles. The van der Waals surface area contributed by atoms with Gasteiger partial charge in [0.25, 0.3) is 0 Å². The monoisotopic (exact) mass is 345 g/mol. The number of likely N-dealkylation sites (N-methyl/N-ethyl adjacent to an activating group) is 1. The van der Waals surface area contributed by atoms with Crippen molar-refractivity contribution < 1.29 is 0 Å². The molecule has 1 aliphatic heterocycles. The van der Waals surface area contributed by atoms with Crippen LogP contribution in [0.1, 0.15) is 25.8 Å². The third-order valence-corrected chi connectivity index (χ3v) is 4.80. The van der Waals surface area contributed by atoms with E-state index in [0.29, 0.717) is 6.04 Å². The summed E-state index contributed by atoms with van der Waals surface area (Å²) in [6.07, 6.45) is 2.22. The molecule has 1 heterocycles. The smallest absolute Gasteiger partial charge is 0.191 e. The number of aliphatic imine (C=N–C) groups is 1. The molecule has 5 heteroatoms. The maximum absolute atomic E-state index is 4.79. The summed E-state index contributed by atoms with van der Waals surface area (Å²) in [6.45, 7) is 11.7. The number of guanidine groups is 1. The van der Waals surface area contributed by atoms with Crippen LogP contribution in [0, 0.1) is 0 Å². The Balaban J connectivity index is 1.71. The summed E-state index contributed by atoms with van der Waals surface area (Å²) in [6, 6.07) is 11.2. The third-order valence-electron chi connectivity index (χ3n) is 4.80. The molecule has 0 radical (unpaired) electrons. The highest BCUT2D eigenvalue weighted by Crippen LogP contribution is 2.05. The van der Waals surface area contributed by atoms with Crippen LogP contribution in [0.3, 0.4) is 0 Å². The van der Waals surface area contributed by atoms with Gasteiger partial charge in [0.05, 0.1) is 6.54 Å². The summed E-state index contributed by atoms with van der Waals surface area (Å²) in [5.41, 5.74) is 1.40. The molecule has 0 bridgehead atoms. The van der Waals surface area contributed by atoms with Gasteiger partial charge in [-0.15, -0.1) is 0 Å². The van der Waals surface area contributed by atoms with Gasteiger partial charge in [-0.3, -0.25) is 9.89 Å². The molecule has 1 fully saturated rings. The zero-order chi connectivity index (χ0) is 17.9. The predicted octanol–water partition coefficient (Wildman–Crippen LogP) is 1.81. The Hall–Kier alpha value is -1.59. The van der Waals surface area contributed by atoms with Gasteiger partial charge in [-0.1, -0.05) is 30.3 Å². The average Bonchev–Trinajstić information content (AvgIpc) is 2.64. The lowest BCUT2D eigenvalue weighted by Gasteiger charge is -2.35. The van der Waals surface area contributed by atoms with E-state index in [1.807, 2.05) is 0 Å². The maximum atomic E-state index is 4.79. The molecule has 0 saturated carbocycles. The number of hydrogen-bond acceptors (Lipinski definition) is 3. The van der Waals surface area contributed by atoms with Gasteiger partial charge in [-0.05, 0) is 39.3 Å². The second-order valence-corrected chi connectivity index (χ2v) is 6.92. The highest BCUT2D eigenvalue weighted by molar-refractivity contribution is 5.79. The zero-order valence-electron chi connectivity index (χ0n) is 16.2. The Bertz CT molecular complexity index is 494. The quantitative estimate of drug-likeness (QED) is 0.428. The molecule has 25 heavy (non-hydrogen) atoms. The van der Waals surface area contributed by atoms with Crippen LogP contribution in [-0.2, 0) is 6.42 Å². The molecule has 5 nitrogen and oxygen atoms in total. The number of aryl methyl sites for hydroxylation is 1. The minimum absolute atomic E-state index is 0.494. The number of hydrogen-bond donors (Lipinski definition) is 2. The summed E-state index contributed by atoms with van der Waals surface area (Å²) >= 11 is 0. The number of nitrogens with one attached hydrogen (secondary N) is 2. The molecule has 2 rings (SSSR count). The molecule has 1 atom stereocenters. The van der Waals surface area contributed by atoms with Gasteiger partial charge in [0.15, 0.2) is 5.96 Å². The van der Waals surface area contributed by atoms with Crippen LogP contribution in [-0.4, -0.2) is 74.7 Å². The van der Waals surface area contributed by atoms with Crippen molar-refractivity contribution >= 4 is 5.96 Å². The van der Waals surface area contributed by atoms with Crippen LogP contribution in [0.25, 0.3) is 0 Å². The summed E-state index contributed by atoms with van der Waals surface area (Å²) in [5, 5.41) is 6.83. The van der Waals surface area contributed by atoms with Crippen molar-refractivity contribution in [1.29, 1.82) is 0 Å². The van der Waals surface area contributed by atoms with E-state index < -0.39 is 0 Å². The van der Waals surface area contributed by atoms with Gasteiger partial charge >= 0.3 is 0 Å². The lowest BCUT2D eigenvalue weighted by Crippen LogP contribution is -2.49. The molecule has 2 N–H and O–H groups in total. The number of nitrogens with zero attached hydrogens (tertiary/aromatic N) is 3. The van der Waals surface area contributed by atoms with Crippen molar-refractivity contribution in [2.24, 2.45) is 4.99 Å². The van der Waals surface area contributed by atoms with Crippen LogP contribution in [0.15, 0.2) is 35.3 Å². The first-order valence-corrected chi connectivity index (χ1v) is 9.67. The first-order chi connectivity index (χ1) is 12.2. The summed E-state index contributed by atoms with van der Waals surface area (Å²) in [5.74, 6) is 0.941. The lowest BCUT2D eigenvalue weighted by molar-refractivity contribution is 0.122. The Morgan fingerprint density at radius 3 is 2.52 bits per heavy atom. The molecule has 0 aromatic heterocycles. The van der Waals surface area contributed by atoms with Gasteiger partial charge in [-0.2, -0.15) is 0 Å². The second kappa shape index (κ2) is 11.1. The molecule has 140 valence electrons. The van der Waals surface area contributed by atoms with Crippen LogP contribution >= 0.6 is 0 Å². The van der Waals surface area contributed by atoms with Gasteiger partial charge in [0.2, 0.25) is 0 Å². The largest absolute Gasteiger partial charge is 0.357 e. The van der Waals surface area contributed by atoms with E-state index >= 15 is 0 Å². The fourth-order valence-electron chi connectivity index (χ4n) is 3.09. The van der Waals surface area contributed by atoms with Crippen molar-refractivity contribution in [3.05, 3.63) is 35.9 Å². The molecule has 1 aliphatic rings. The van der Waals surface area contributed by atoms with E-state index in [2.05, 4.69) is 71.7 Å². The average molecular weight is 346 g/mol. The lowest BCUT2D eigenvalue weighted by atomic mass is 10.1. The number of rotatable bonds is 8. The standard InChI is InChI=1S/C20H35N5/c1-4-21-20(22-12-8-11-19-9-6-5-7-10-19)23-17-18(2)25-15-13-24(3)14-16-25/h5-7,9-10,18H,4,8,11-17H2,1-3H3,(H2,21,22,23). The SMILES string of the molecule is CCNC(=NCC(C)N1CCN(C)CC1)NCCCc1ccccc1. The Kier molecular flexibility index (Phi) is 8.77. The van der Waals surface area contributed by atoms with E-state index in [4.69, 9.17) is 4.99 Å². The Morgan fingerprint density at radius 2 is 1.84 bits per heavy atom. The van der Waals surface area contributed by atoms with Crippen LogP contribution in [0.4, 0.5) is 0 Å². The molecule has 1 aromatic rings. The van der Waals surface area contributed by atoms with Crippen molar-refractivity contribution in [2.75, 3.05) is 52.9 Å². The third kappa shape index (κ3) is 7.45. The molecule has 1 saturated heterocycles. The highest BCUT2D eigenvalue weighted by atomic mass is 15.3. The molecule has 1 aromatic carbocycles. The topological polar surface area (TPSA) is 42.9 Å². The summed E-state index contributed by atoms with van der Waals surface area (Å²) < 4.78 is 0. The van der Waals surface area contributed by atoms with Crippen LogP contribution in [0.5, 0.6) is 0 Å². The van der Waals surface area contributed by atoms with Crippen LogP contribution < -0.4 is 10.6 Å². The van der Waals surface area contributed by atoms with Gasteiger partial charge in [-0.25, -0.2) is 0 Å². The molecule has 1 unspecified atom stereocenters. The van der Waals surface area contributed by atoms with E-state index in [1.165, 1.54) is 5.56 Å². The first-order valence-electron chi connectivity index (χ1n) is 9.67. The predicted molar refractivity (Wildman–Crippen MR) is 107 cm³/mol. The molecule has 0 amide bonds. The molecular formula is C20H35N5.